The molecular formula is C93H135Br2N11O21. The molecule has 0 aromatic heterocycles. The average molecular weight is 1900 g/mol. The largest absolute Gasteiger partial charge is 0.493 e. The Morgan fingerprint density at radius 3 is 1.89 bits per heavy atom. The number of methoxy groups -OCH3 is 4. The molecule has 0 spiro atoms. The third-order valence-corrected chi connectivity index (χ3v) is 27.1. The van der Waals surface area contributed by atoms with Gasteiger partial charge >= 0.3 is 5.97 Å². The number of nitrogens with zero attached hydrogens (tertiary/aromatic N) is 7. The van der Waals surface area contributed by atoms with Crippen molar-refractivity contribution in [1.82, 2.24) is 45.8 Å². The Bertz CT molecular complexity index is 4380. The van der Waals surface area contributed by atoms with E-state index in [1.54, 1.807) is 114 Å². The van der Waals surface area contributed by atoms with Crippen LogP contribution in [0.1, 0.15) is 173 Å². The number of carbonyl (C=O) groups excluding carboxylic acids is 10. The molecule has 3 aromatic rings. The number of likely N-dealkylation sites (tertiary alicyclic amines) is 1. The first-order valence-corrected chi connectivity index (χ1v) is 46.0. The lowest BCUT2D eigenvalue weighted by Crippen LogP contribution is -2.61. The molecule has 127 heavy (non-hydrogen) atoms. The minimum atomic E-state index is -1.19. The number of hydrogen-bond donors (Lipinski definition) is 5. The molecule has 0 radical (unpaired) electrons. The summed E-state index contributed by atoms with van der Waals surface area (Å²) < 4.78 is 53.9. The lowest BCUT2D eigenvalue weighted by molar-refractivity contribution is -0.154. The Labute approximate surface area is 764 Å². The van der Waals surface area contributed by atoms with Crippen LogP contribution in [-0.2, 0) is 73.3 Å². The van der Waals surface area contributed by atoms with E-state index in [1.807, 2.05) is 61.5 Å². The third kappa shape index (κ3) is 27.3. The van der Waals surface area contributed by atoms with E-state index in [0.717, 1.165) is 23.1 Å². The molecule has 0 aliphatic carbocycles. The van der Waals surface area contributed by atoms with Gasteiger partial charge in [-0.05, 0) is 115 Å². The number of aliphatic imine (C=N–C) groups is 1. The van der Waals surface area contributed by atoms with Crippen LogP contribution < -0.4 is 45.1 Å². The van der Waals surface area contributed by atoms with Crippen molar-refractivity contribution >= 4 is 114 Å². The van der Waals surface area contributed by atoms with Crippen LogP contribution in [0.2, 0.25) is 0 Å². The highest BCUT2D eigenvalue weighted by atomic mass is 79.9. The average Bonchev–Trinajstić information content (AvgIpc) is 1.62. The predicted molar refractivity (Wildman–Crippen MR) is 489 cm³/mol. The number of amides is 10. The van der Waals surface area contributed by atoms with Gasteiger partial charge in [-0.15, -0.1) is 0 Å². The van der Waals surface area contributed by atoms with Gasteiger partial charge in [-0.25, -0.2) is 4.79 Å². The Morgan fingerprint density at radius 1 is 0.677 bits per heavy atom. The minimum absolute atomic E-state index is 0.00400. The van der Waals surface area contributed by atoms with Crippen molar-refractivity contribution in [3.63, 3.8) is 0 Å². The Hall–Kier alpha value is -9.06. The zero-order chi connectivity index (χ0) is 93.5. The van der Waals surface area contributed by atoms with Crippen LogP contribution in [0.15, 0.2) is 83.9 Å². The van der Waals surface area contributed by atoms with Gasteiger partial charge in [-0.3, -0.25) is 52.9 Å². The van der Waals surface area contributed by atoms with Crippen molar-refractivity contribution in [1.29, 1.82) is 0 Å². The number of carboxylic acid groups (broad SMARTS) is 1. The first-order chi connectivity index (χ1) is 60.2. The topological polar surface area (TPSA) is 371 Å². The third-order valence-electron chi connectivity index (χ3n) is 24.5. The summed E-state index contributed by atoms with van der Waals surface area (Å²) in [5.74, 6) is -5.11. The van der Waals surface area contributed by atoms with E-state index in [9.17, 15) is 57.8 Å². The number of benzene rings is 3. The van der Waals surface area contributed by atoms with Gasteiger partial charge in [0.2, 0.25) is 47.3 Å². The summed E-state index contributed by atoms with van der Waals surface area (Å²) in [7, 11) is 9.18. The highest BCUT2D eigenvalue weighted by Gasteiger charge is 2.47. The zero-order valence-electron chi connectivity index (χ0n) is 77.0. The number of carboxylic acids is 1. The number of halogens is 2. The maximum atomic E-state index is 15.0. The number of fused-ring (bicyclic) bond motifs is 4. The van der Waals surface area contributed by atoms with Crippen molar-refractivity contribution in [2.75, 3.05) is 133 Å². The number of hydrogen-bond acceptors (Lipinski definition) is 21. The van der Waals surface area contributed by atoms with E-state index < -0.39 is 122 Å². The molecule has 3 aromatic carbocycles. The quantitative estimate of drug-likeness (QED) is 0.0199. The molecule has 3 saturated heterocycles. The first-order valence-electron chi connectivity index (χ1n) is 44.1. The normalized spacial score (nSPS) is 18.7. The molecule has 0 saturated carbocycles. The number of rotatable bonds is 50. The molecule has 10 amide bonds. The Balaban J connectivity index is 0.735. The van der Waals surface area contributed by atoms with Crippen molar-refractivity contribution in [3.8, 4) is 23.0 Å². The Morgan fingerprint density at radius 2 is 1.28 bits per heavy atom. The molecule has 8 rings (SSSR count). The van der Waals surface area contributed by atoms with E-state index >= 15 is 0 Å². The van der Waals surface area contributed by atoms with Crippen molar-refractivity contribution < 1.29 is 100 Å². The second kappa shape index (κ2) is 48.0. The highest BCUT2D eigenvalue weighted by molar-refractivity contribution is 9.12. The number of likely N-dealkylation sites (N-methyl/N-ethyl adjacent to an activating group) is 2. The summed E-state index contributed by atoms with van der Waals surface area (Å²) in [4.78, 5) is 166. The van der Waals surface area contributed by atoms with Gasteiger partial charge in [-0.1, -0.05) is 141 Å². The molecule has 0 bridgehead atoms. The van der Waals surface area contributed by atoms with Crippen molar-refractivity contribution in [2.45, 2.75) is 223 Å². The van der Waals surface area contributed by atoms with Crippen LogP contribution in [0.25, 0.3) is 0 Å². The molecule has 3 fully saturated rings. The second-order valence-corrected chi connectivity index (χ2v) is 37.6. The standard InChI is InChI=1S/C93H135Br2N11O21/c1-20-59(8)81(74(121-18)49-76(108)103-35-27-30-68(103)82(122-19)60(9)83(109)99-67(90(116)117)44-61-28-23-21-24-29-61)101(14)89(115)79(55(2)3)100-86(112)80(56(4)5)102(15)91(118)92(10,11)54-127-93(12,13)32-33-96-84(110)77(94)78(95)85(111)97-34-39-124-41-40-123-38-31-75(107)106-53-63-43-58(7)52-105(63)88(114)65-46-71(120-17)73(48-69(65)106)126-37-26-22-25-36-125-72-47-66-64(45-70(72)119-16)87(113)104-51-57(6)42-62(104)50-98-66/h21,23-24,28-29,45-48,50,55-56,59-60,62-63,67-68,74,77-82H,6-7,20,22,25-27,30-44,49,51-54H2,1-5,8-19H3,(H,96,110)(H,97,111)(H,99,109)(H,100,112)(H,116,117)/t59-,60+,62-,63-,67-,68-,74+,77?,78?,79-,80?,81-,82+/m0/s1. The maximum absolute atomic E-state index is 15.0. The summed E-state index contributed by atoms with van der Waals surface area (Å²) in [6.45, 7) is 31.0. The number of aliphatic carboxylic acids is 1. The number of carbonyl (C=O) groups is 11. The Kier molecular flexibility index (Phi) is 39.1. The van der Waals surface area contributed by atoms with Gasteiger partial charge < -0.3 is 98.4 Å². The molecule has 5 aliphatic heterocycles. The number of nitrogens with one attached hydrogen (secondary N) is 4. The van der Waals surface area contributed by atoms with E-state index in [2.05, 4.69) is 71.3 Å². The lowest BCUT2D eigenvalue weighted by atomic mass is 9.89. The lowest BCUT2D eigenvalue weighted by Gasteiger charge is -2.41. The SMILES string of the molecule is C=C1C[C@H]2CN(C(=O)CCOCCOCCNC(=O)C(Br)C(Br)C(=O)NCCC(C)(C)OCC(C)(C)C(=O)N(C)C(C(=O)N[C@H](C(=O)N(C)[C@@H]([C@@H](C)CC)[C@@H](CC(=O)N3CCC[C@H]3[C@H](OC)[C@@H](C)C(=O)N[C@@H](Cc3ccccc3)C(=O)O)OC)C(C)C)C(C)C)c3cc(OCCCCCOc4cc5c(cc4OC)C(=O)N4CC(=C)C[C@H]4C=N5)c(OC)cc3C(=O)N2C1. The first kappa shape index (κ1) is 103. The van der Waals surface area contributed by atoms with Gasteiger partial charge in [0, 0.05) is 92.4 Å². The van der Waals surface area contributed by atoms with Gasteiger partial charge in [0.15, 0.2) is 23.0 Å². The summed E-state index contributed by atoms with van der Waals surface area (Å²) in [5, 5.41) is 21.4. The maximum Gasteiger partial charge on any atom is 0.326 e. The molecule has 702 valence electrons. The molecule has 5 heterocycles. The van der Waals surface area contributed by atoms with Gasteiger partial charge in [0.25, 0.3) is 11.8 Å². The van der Waals surface area contributed by atoms with Crippen LogP contribution in [0.5, 0.6) is 23.0 Å². The summed E-state index contributed by atoms with van der Waals surface area (Å²) in [5.41, 5.74) is 2.26. The molecule has 13 atom stereocenters. The number of unbranched alkanes of at least 4 members (excludes halogenated alkanes) is 2. The molecule has 34 heteroatoms. The van der Waals surface area contributed by atoms with E-state index in [4.69, 9.17) is 42.6 Å². The number of anilines is 1. The second-order valence-electron chi connectivity index (χ2n) is 35.6. The fraction of sp³-hybridized carbons (Fsp3) is 0.634. The molecule has 3 unspecified atom stereocenters. The van der Waals surface area contributed by atoms with Crippen molar-refractivity contribution in [2.24, 2.45) is 34.1 Å². The van der Waals surface area contributed by atoms with E-state index in [-0.39, 0.29) is 114 Å². The minimum Gasteiger partial charge on any atom is -0.493 e. The summed E-state index contributed by atoms with van der Waals surface area (Å²) in [6.07, 6.45) is 5.53. The van der Waals surface area contributed by atoms with Crippen molar-refractivity contribution in [3.05, 3.63) is 95.6 Å². The number of alkyl halides is 2. The molecule has 5 N–H and O–H groups in total. The monoisotopic (exact) mass is 1900 g/mol. The van der Waals surface area contributed by atoms with Gasteiger partial charge in [0.1, 0.15) is 27.8 Å². The smallest absolute Gasteiger partial charge is 0.326 e. The van der Waals surface area contributed by atoms with E-state index in [0.29, 0.717) is 130 Å². The summed E-state index contributed by atoms with van der Waals surface area (Å²) in [6, 6.07) is 10.9. The summed E-state index contributed by atoms with van der Waals surface area (Å²) >= 11 is 6.74. The zero-order valence-corrected chi connectivity index (χ0v) is 80.2. The van der Waals surface area contributed by atoms with Crippen LogP contribution in [0.3, 0.4) is 0 Å². The van der Waals surface area contributed by atoms with Gasteiger partial charge in [-0.2, -0.15) is 0 Å². The van der Waals surface area contributed by atoms with Crippen LogP contribution in [0, 0.1) is 29.1 Å². The molecule has 5 aliphatic rings. The van der Waals surface area contributed by atoms with Gasteiger partial charge in [0.05, 0.1) is 149 Å². The predicted octanol–water partition coefficient (Wildman–Crippen LogP) is 9.69. The van der Waals surface area contributed by atoms with E-state index in [1.165, 1.54) is 33.3 Å². The fourth-order valence-electron chi connectivity index (χ4n) is 17.0. The van der Waals surface area contributed by atoms with Crippen LogP contribution in [-0.4, -0.2) is 299 Å². The molecule has 32 nitrogen and oxygen atoms in total. The number of ether oxygens (including phenoxy) is 9. The highest BCUT2D eigenvalue weighted by Crippen LogP contribution is 2.43. The molecular weight excluding hydrogens is 1770 g/mol. The fourth-order valence-corrected chi connectivity index (χ4v) is 17.8. The van der Waals surface area contributed by atoms with Crippen LogP contribution in [0.4, 0.5) is 11.4 Å². The van der Waals surface area contributed by atoms with Crippen LogP contribution >= 0.6 is 31.9 Å².